The predicted molar refractivity (Wildman–Crippen MR) is 98.4 cm³/mol. The topological polar surface area (TPSA) is 49.3 Å². The van der Waals surface area contributed by atoms with E-state index in [9.17, 15) is 4.79 Å². The van der Waals surface area contributed by atoms with Gasteiger partial charge in [0.15, 0.2) is 0 Å². The van der Waals surface area contributed by atoms with E-state index in [-0.39, 0.29) is 5.91 Å². The van der Waals surface area contributed by atoms with Gasteiger partial charge < -0.3 is 9.80 Å². The first kappa shape index (κ1) is 19.0. The van der Waals surface area contributed by atoms with E-state index < -0.39 is 5.38 Å². The van der Waals surface area contributed by atoms with Gasteiger partial charge in [0.2, 0.25) is 11.9 Å². The standard InChI is InChI=1S/C18H29ClN4O/c1-13(2)11-23(17(24)15(4)19)12-16-10-14(3)20-18(21-16)22-8-6-5-7-9-22/h10,13,15H,5-9,11-12H2,1-4H3. The molecule has 2 rings (SSSR count). The van der Waals surface area contributed by atoms with E-state index in [2.05, 4.69) is 23.7 Å². The number of carbonyl (C=O) groups is 1. The quantitative estimate of drug-likeness (QED) is 0.736. The van der Waals surface area contributed by atoms with Crippen molar-refractivity contribution in [2.24, 2.45) is 5.92 Å². The molecule has 1 aliphatic heterocycles. The van der Waals surface area contributed by atoms with Gasteiger partial charge in [0.05, 0.1) is 12.2 Å². The van der Waals surface area contributed by atoms with Gasteiger partial charge in [-0.1, -0.05) is 13.8 Å². The Hall–Kier alpha value is -1.36. The lowest BCUT2D eigenvalue weighted by Gasteiger charge is -2.28. The van der Waals surface area contributed by atoms with E-state index in [1.165, 1.54) is 19.3 Å². The lowest BCUT2D eigenvalue weighted by Crippen LogP contribution is -2.38. The minimum absolute atomic E-state index is 0.0406. The molecule has 1 aromatic heterocycles. The van der Waals surface area contributed by atoms with Crippen molar-refractivity contribution < 1.29 is 4.79 Å². The normalized spacial score (nSPS) is 16.3. The Morgan fingerprint density at radius 3 is 2.50 bits per heavy atom. The second kappa shape index (κ2) is 8.65. The second-order valence-electron chi connectivity index (χ2n) is 7.08. The summed E-state index contributed by atoms with van der Waals surface area (Å²) in [7, 11) is 0. The third kappa shape index (κ3) is 5.33. The molecule has 1 aliphatic rings. The fourth-order valence-electron chi connectivity index (χ4n) is 3.05. The van der Waals surface area contributed by atoms with E-state index >= 15 is 0 Å². The number of nitrogens with zero attached hydrogens (tertiary/aromatic N) is 4. The van der Waals surface area contributed by atoms with Crippen LogP contribution >= 0.6 is 11.6 Å². The van der Waals surface area contributed by atoms with Gasteiger partial charge in [0.1, 0.15) is 5.38 Å². The van der Waals surface area contributed by atoms with Crippen molar-refractivity contribution in [3.63, 3.8) is 0 Å². The molecule has 1 fully saturated rings. The molecule has 0 N–H and O–H groups in total. The predicted octanol–water partition coefficient (Wildman–Crippen LogP) is 3.39. The summed E-state index contributed by atoms with van der Waals surface area (Å²) in [5.74, 6) is 1.13. The molecule has 1 unspecified atom stereocenters. The molecule has 5 nitrogen and oxygen atoms in total. The largest absolute Gasteiger partial charge is 0.341 e. The molecule has 0 spiro atoms. The van der Waals surface area contributed by atoms with Crippen LogP contribution in [0.15, 0.2) is 6.07 Å². The van der Waals surface area contributed by atoms with Crippen LogP contribution in [0.5, 0.6) is 0 Å². The first-order valence-electron chi connectivity index (χ1n) is 8.89. The van der Waals surface area contributed by atoms with Gasteiger partial charge in [-0.15, -0.1) is 11.6 Å². The molecule has 0 aromatic carbocycles. The molecule has 134 valence electrons. The van der Waals surface area contributed by atoms with Crippen molar-refractivity contribution in [1.82, 2.24) is 14.9 Å². The van der Waals surface area contributed by atoms with Gasteiger partial charge in [-0.3, -0.25) is 4.79 Å². The molecule has 6 heteroatoms. The SMILES string of the molecule is Cc1cc(CN(CC(C)C)C(=O)C(C)Cl)nc(N2CCCCC2)n1. The molecule has 2 heterocycles. The summed E-state index contributed by atoms with van der Waals surface area (Å²) >= 11 is 6.02. The summed E-state index contributed by atoms with van der Waals surface area (Å²) in [6.07, 6.45) is 3.65. The lowest BCUT2D eigenvalue weighted by molar-refractivity contribution is -0.131. The summed E-state index contributed by atoms with van der Waals surface area (Å²) in [6, 6.07) is 1.97. The number of carbonyl (C=O) groups excluding carboxylic acids is 1. The molecule has 1 saturated heterocycles. The summed E-state index contributed by atoms with van der Waals surface area (Å²) in [6.45, 7) is 11.1. The van der Waals surface area contributed by atoms with Crippen LogP contribution in [0.25, 0.3) is 0 Å². The number of aromatic nitrogens is 2. The molecule has 1 aromatic rings. The minimum Gasteiger partial charge on any atom is -0.341 e. The Labute approximate surface area is 150 Å². The van der Waals surface area contributed by atoms with Gasteiger partial charge in [0, 0.05) is 25.3 Å². The zero-order valence-corrected chi connectivity index (χ0v) is 16.0. The smallest absolute Gasteiger partial charge is 0.240 e. The first-order chi connectivity index (χ1) is 11.4. The van der Waals surface area contributed by atoms with Crippen molar-refractivity contribution in [3.05, 3.63) is 17.5 Å². The Kier molecular flexibility index (Phi) is 6.84. The maximum absolute atomic E-state index is 12.4. The summed E-state index contributed by atoms with van der Waals surface area (Å²) in [5, 5.41) is -0.520. The van der Waals surface area contributed by atoms with Gasteiger partial charge in [0.25, 0.3) is 0 Å². The average Bonchev–Trinajstić information content (AvgIpc) is 2.53. The monoisotopic (exact) mass is 352 g/mol. The van der Waals surface area contributed by atoms with Gasteiger partial charge >= 0.3 is 0 Å². The van der Waals surface area contributed by atoms with Crippen LogP contribution in [0, 0.1) is 12.8 Å². The maximum Gasteiger partial charge on any atom is 0.240 e. The number of piperidine rings is 1. The van der Waals surface area contributed by atoms with Crippen LogP contribution in [0.3, 0.4) is 0 Å². The van der Waals surface area contributed by atoms with Gasteiger partial charge in [-0.25, -0.2) is 9.97 Å². The van der Waals surface area contributed by atoms with E-state index in [1.54, 1.807) is 6.92 Å². The number of aryl methyl sites for hydroxylation is 1. The van der Waals surface area contributed by atoms with Gasteiger partial charge in [-0.2, -0.15) is 0 Å². The van der Waals surface area contributed by atoms with Crippen LogP contribution in [0.1, 0.15) is 51.4 Å². The summed E-state index contributed by atoms with van der Waals surface area (Å²) in [5.41, 5.74) is 1.82. The second-order valence-corrected chi connectivity index (χ2v) is 7.73. The van der Waals surface area contributed by atoms with Crippen molar-refractivity contribution in [1.29, 1.82) is 0 Å². The Morgan fingerprint density at radius 2 is 1.92 bits per heavy atom. The van der Waals surface area contributed by atoms with Crippen LogP contribution in [0.4, 0.5) is 5.95 Å². The molecule has 1 atom stereocenters. The number of hydrogen-bond acceptors (Lipinski definition) is 4. The highest BCUT2D eigenvalue weighted by molar-refractivity contribution is 6.30. The number of alkyl halides is 1. The first-order valence-corrected chi connectivity index (χ1v) is 9.33. The highest BCUT2D eigenvalue weighted by Gasteiger charge is 2.21. The highest BCUT2D eigenvalue weighted by Crippen LogP contribution is 2.18. The number of amides is 1. The van der Waals surface area contributed by atoms with E-state index in [1.807, 2.05) is 17.9 Å². The Morgan fingerprint density at radius 1 is 1.25 bits per heavy atom. The third-order valence-electron chi connectivity index (χ3n) is 4.12. The van der Waals surface area contributed by atoms with Gasteiger partial charge in [-0.05, 0) is 45.1 Å². The number of rotatable bonds is 6. The fourth-order valence-corrected chi connectivity index (χ4v) is 3.19. The molecule has 24 heavy (non-hydrogen) atoms. The zero-order valence-electron chi connectivity index (χ0n) is 15.3. The lowest BCUT2D eigenvalue weighted by atomic mass is 10.1. The Bertz CT molecular complexity index is 556. The van der Waals surface area contributed by atoms with E-state index in [4.69, 9.17) is 16.6 Å². The van der Waals surface area contributed by atoms with Crippen molar-refractivity contribution in [2.75, 3.05) is 24.5 Å². The van der Waals surface area contributed by atoms with Crippen molar-refractivity contribution >= 4 is 23.5 Å². The molecule has 0 bridgehead atoms. The Balaban J connectivity index is 2.19. The fraction of sp³-hybridized carbons (Fsp3) is 0.722. The van der Waals surface area contributed by atoms with Crippen LogP contribution in [-0.4, -0.2) is 45.8 Å². The molecule has 0 aliphatic carbocycles. The maximum atomic E-state index is 12.4. The summed E-state index contributed by atoms with van der Waals surface area (Å²) in [4.78, 5) is 25.8. The summed E-state index contributed by atoms with van der Waals surface area (Å²) < 4.78 is 0. The van der Waals surface area contributed by atoms with E-state index in [0.29, 0.717) is 19.0 Å². The van der Waals surface area contributed by atoms with E-state index in [0.717, 1.165) is 30.4 Å². The number of anilines is 1. The number of halogens is 1. The highest BCUT2D eigenvalue weighted by atomic mass is 35.5. The minimum atomic E-state index is -0.520. The number of hydrogen-bond donors (Lipinski definition) is 0. The van der Waals surface area contributed by atoms with Crippen LogP contribution in [-0.2, 0) is 11.3 Å². The zero-order chi connectivity index (χ0) is 17.7. The molecule has 0 radical (unpaired) electrons. The van der Waals surface area contributed by atoms with Crippen molar-refractivity contribution in [2.45, 2.75) is 58.9 Å². The van der Waals surface area contributed by atoms with Crippen LogP contribution in [0.2, 0.25) is 0 Å². The molecule has 1 amide bonds. The van der Waals surface area contributed by atoms with Crippen molar-refractivity contribution in [3.8, 4) is 0 Å². The van der Waals surface area contributed by atoms with Crippen LogP contribution < -0.4 is 4.90 Å². The molecule has 0 saturated carbocycles. The average molecular weight is 353 g/mol. The molecular formula is C18H29ClN4O. The third-order valence-corrected chi connectivity index (χ3v) is 4.31. The molecular weight excluding hydrogens is 324 g/mol.